The molecule has 1 aromatic heterocycles. The first-order chi connectivity index (χ1) is 9.69. The van der Waals surface area contributed by atoms with Gasteiger partial charge in [-0.1, -0.05) is 0 Å². The summed E-state index contributed by atoms with van der Waals surface area (Å²) >= 11 is 1.63. The Morgan fingerprint density at radius 3 is 2.55 bits per heavy atom. The second kappa shape index (κ2) is 6.81. The van der Waals surface area contributed by atoms with Gasteiger partial charge in [0.25, 0.3) is 5.91 Å². The number of amides is 2. The smallest absolute Gasteiger partial charge is 0.287 e. The summed E-state index contributed by atoms with van der Waals surface area (Å²) in [4.78, 5) is 24.4. The molecule has 2 aromatic rings. The lowest BCUT2D eigenvalue weighted by molar-refractivity contribution is -0.115. The van der Waals surface area contributed by atoms with Crippen molar-refractivity contribution in [1.29, 1.82) is 0 Å². The molecule has 2 N–H and O–H groups in total. The minimum Gasteiger partial charge on any atom is -0.459 e. The summed E-state index contributed by atoms with van der Waals surface area (Å²) in [5.74, 6) is -0.521. The number of thioether (sulfide) groups is 1. The molecule has 0 fully saturated rings. The number of hydrogen-bond acceptors (Lipinski definition) is 4. The fourth-order valence-corrected chi connectivity index (χ4v) is 1.94. The molecule has 104 valence electrons. The molecule has 0 saturated carbocycles. The van der Waals surface area contributed by atoms with E-state index >= 15 is 0 Å². The SMILES string of the molecule is CSc1ccc(NC(=O)CNC(=O)c2ccco2)cc1. The fraction of sp³-hybridized carbons (Fsp3) is 0.143. The Hall–Kier alpha value is -2.21. The van der Waals surface area contributed by atoms with E-state index < -0.39 is 5.91 Å². The van der Waals surface area contributed by atoms with Gasteiger partial charge < -0.3 is 15.1 Å². The standard InChI is InChI=1S/C14H14N2O3S/c1-20-11-6-4-10(5-7-11)16-13(17)9-15-14(18)12-3-2-8-19-12/h2-8H,9H2,1H3,(H,15,18)(H,16,17). The Kier molecular flexibility index (Phi) is 4.84. The van der Waals surface area contributed by atoms with Crippen molar-refractivity contribution >= 4 is 29.3 Å². The molecule has 6 heteroatoms. The molecule has 0 unspecified atom stereocenters. The molecule has 1 aromatic carbocycles. The van der Waals surface area contributed by atoms with E-state index in [0.717, 1.165) is 4.90 Å². The van der Waals surface area contributed by atoms with Gasteiger partial charge in [0.05, 0.1) is 12.8 Å². The van der Waals surface area contributed by atoms with E-state index in [0.29, 0.717) is 5.69 Å². The zero-order chi connectivity index (χ0) is 14.4. The maximum Gasteiger partial charge on any atom is 0.287 e. The molecule has 0 radical (unpaired) electrons. The molecule has 0 aliphatic heterocycles. The van der Waals surface area contributed by atoms with Crippen molar-refractivity contribution in [2.24, 2.45) is 0 Å². The van der Waals surface area contributed by atoms with Crippen LogP contribution in [0.3, 0.4) is 0 Å². The Bertz CT molecular complexity index is 579. The van der Waals surface area contributed by atoms with Crippen LogP contribution >= 0.6 is 11.8 Å². The maximum atomic E-state index is 11.7. The molecule has 5 nitrogen and oxygen atoms in total. The second-order valence-corrected chi connectivity index (χ2v) is 4.82. The molecule has 2 rings (SSSR count). The van der Waals surface area contributed by atoms with E-state index in [1.807, 2.05) is 30.5 Å². The quantitative estimate of drug-likeness (QED) is 0.829. The van der Waals surface area contributed by atoms with Crippen LogP contribution in [0.5, 0.6) is 0 Å². The summed E-state index contributed by atoms with van der Waals surface area (Å²) < 4.78 is 4.93. The molecule has 0 aliphatic carbocycles. The molecule has 0 saturated heterocycles. The topological polar surface area (TPSA) is 71.3 Å². The number of anilines is 1. The highest BCUT2D eigenvalue weighted by Crippen LogP contribution is 2.17. The van der Waals surface area contributed by atoms with Crippen molar-refractivity contribution < 1.29 is 14.0 Å². The van der Waals surface area contributed by atoms with Gasteiger partial charge in [0.15, 0.2) is 5.76 Å². The minimum atomic E-state index is -0.414. The molecular formula is C14H14N2O3S. The molecule has 2 amide bonds. The van der Waals surface area contributed by atoms with Gasteiger partial charge in [-0.05, 0) is 42.7 Å². The Balaban J connectivity index is 1.81. The largest absolute Gasteiger partial charge is 0.459 e. The number of nitrogens with one attached hydrogen (secondary N) is 2. The molecule has 1 heterocycles. The predicted octanol–water partition coefficient (Wildman–Crippen LogP) is 2.37. The van der Waals surface area contributed by atoms with Gasteiger partial charge >= 0.3 is 0 Å². The van der Waals surface area contributed by atoms with Gasteiger partial charge in [0, 0.05) is 10.6 Å². The highest BCUT2D eigenvalue weighted by molar-refractivity contribution is 7.98. The summed E-state index contributed by atoms with van der Waals surface area (Å²) in [7, 11) is 0. The van der Waals surface area contributed by atoms with Crippen LogP contribution in [0.15, 0.2) is 52.0 Å². The average Bonchev–Trinajstić information content (AvgIpc) is 3.00. The van der Waals surface area contributed by atoms with Gasteiger partial charge in [-0.3, -0.25) is 9.59 Å². The number of carbonyl (C=O) groups is 2. The first-order valence-corrected chi connectivity index (χ1v) is 7.17. The van der Waals surface area contributed by atoms with E-state index in [1.165, 1.54) is 12.3 Å². The molecule has 0 spiro atoms. The maximum absolute atomic E-state index is 11.7. The van der Waals surface area contributed by atoms with E-state index in [-0.39, 0.29) is 18.2 Å². The third-order valence-electron chi connectivity index (χ3n) is 2.53. The van der Waals surface area contributed by atoms with Crippen LogP contribution in [-0.2, 0) is 4.79 Å². The van der Waals surface area contributed by atoms with Gasteiger partial charge in [0.1, 0.15) is 0 Å². The Morgan fingerprint density at radius 2 is 1.95 bits per heavy atom. The number of furan rings is 1. The molecule has 0 atom stereocenters. The third kappa shape index (κ3) is 3.89. The van der Waals surface area contributed by atoms with Crippen molar-refractivity contribution in [2.45, 2.75) is 4.90 Å². The van der Waals surface area contributed by atoms with Crippen LogP contribution in [0.25, 0.3) is 0 Å². The second-order valence-electron chi connectivity index (χ2n) is 3.94. The van der Waals surface area contributed by atoms with Crippen molar-refractivity contribution in [1.82, 2.24) is 5.32 Å². The predicted molar refractivity (Wildman–Crippen MR) is 77.9 cm³/mol. The highest BCUT2D eigenvalue weighted by atomic mass is 32.2. The summed E-state index contributed by atoms with van der Waals surface area (Å²) in [6.45, 7) is -0.107. The van der Waals surface area contributed by atoms with Gasteiger partial charge in [-0.2, -0.15) is 0 Å². The zero-order valence-corrected chi connectivity index (χ0v) is 11.7. The third-order valence-corrected chi connectivity index (χ3v) is 3.27. The van der Waals surface area contributed by atoms with Crippen molar-refractivity contribution in [3.63, 3.8) is 0 Å². The first kappa shape index (κ1) is 14.2. The lowest BCUT2D eigenvalue weighted by Gasteiger charge is -2.06. The van der Waals surface area contributed by atoms with Crippen LogP contribution in [-0.4, -0.2) is 24.6 Å². The molecule has 0 bridgehead atoms. The number of hydrogen-bond donors (Lipinski definition) is 2. The summed E-state index contributed by atoms with van der Waals surface area (Å²) in [6.07, 6.45) is 3.39. The first-order valence-electron chi connectivity index (χ1n) is 5.94. The summed E-state index contributed by atoms with van der Waals surface area (Å²) in [6, 6.07) is 10.6. The monoisotopic (exact) mass is 290 g/mol. The number of benzene rings is 1. The van der Waals surface area contributed by atoms with Crippen LogP contribution in [0.1, 0.15) is 10.6 Å². The lowest BCUT2D eigenvalue weighted by Crippen LogP contribution is -2.32. The van der Waals surface area contributed by atoms with Crippen LogP contribution in [0, 0.1) is 0 Å². The summed E-state index contributed by atoms with van der Waals surface area (Å²) in [5, 5.41) is 5.18. The van der Waals surface area contributed by atoms with Crippen LogP contribution < -0.4 is 10.6 Å². The van der Waals surface area contributed by atoms with Crippen molar-refractivity contribution in [2.75, 3.05) is 18.1 Å². The van der Waals surface area contributed by atoms with Crippen LogP contribution in [0.4, 0.5) is 5.69 Å². The minimum absolute atomic E-state index is 0.107. The van der Waals surface area contributed by atoms with Crippen molar-refractivity contribution in [3.8, 4) is 0 Å². The zero-order valence-electron chi connectivity index (χ0n) is 10.9. The van der Waals surface area contributed by atoms with Gasteiger partial charge in [0.2, 0.25) is 5.91 Å². The number of carbonyl (C=O) groups excluding carboxylic acids is 2. The van der Waals surface area contributed by atoms with Gasteiger partial charge in [-0.15, -0.1) is 11.8 Å². The summed E-state index contributed by atoms with van der Waals surface area (Å²) in [5.41, 5.74) is 0.694. The number of rotatable bonds is 5. The fourth-order valence-electron chi connectivity index (χ4n) is 1.53. The van der Waals surface area contributed by atoms with Gasteiger partial charge in [-0.25, -0.2) is 0 Å². The van der Waals surface area contributed by atoms with Crippen molar-refractivity contribution in [3.05, 3.63) is 48.4 Å². The Morgan fingerprint density at radius 1 is 1.20 bits per heavy atom. The van der Waals surface area contributed by atoms with E-state index in [4.69, 9.17) is 4.42 Å². The average molecular weight is 290 g/mol. The Labute approximate surface area is 120 Å². The molecule has 0 aliphatic rings. The van der Waals surface area contributed by atoms with Crippen LogP contribution in [0.2, 0.25) is 0 Å². The van der Waals surface area contributed by atoms with E-state index in [2.05, 4.69) is 10.6 Å². The molecular weight excluding hydrogens is 276 g/mol. The molecule has 20 heavy (non-hydrogen) atoms. The lowest BCUT2D eigenvalue weighted by atomic mass is 10.3. The highest BCUT2D eigenvalue weighted by Gasteiger charge is 2.10. The van der Waals surface area contributed by atoms with E-state index in [9.17, 15) is 9.59 Å². The normalized spacial score (nSPS) is 10.1. The van der Waals surface area contributed by atoms with E-state index in [1.54, 1.807) is 17.8 Å².